The zero-order valence-corrected chi connectivity index (χ0v) is 13.5. The molecule has 1 aromatic carbocycles. The van der Waals surface area contributed by atoms with Crippen LogP contribution in [0.1, 0.15) is 31.1 Å². The molecule has 0 radical (unpaired) electrons. The number of nitrogens with one attached hydrogen (secondary N) is 1. The molecule has 0 atom stereocenters. The molecular weight excluding hydrogens is 274 g/mol. The lowest BCUT2D eigenvalue weighted by Crippen LogP contribution is -2.05. The summed E-state index contributed by atoms with van der Waals surface area (Å²) < 4.78 is 0. The number of rotatable bonds is 4. The first-order valence-electron chi connectivity index (χ1n) is 7.20. The van der Waals surface area contributed by atoms with Crippen molar-refractivity contribution in [3.8, 4) is 0 Å². The molecule has 0 bridgehead atoms. The van der Waals surface area contributed by atoms with Gasteiger partial charge in [0.05, 0.1) is 0 Å². The van der Waals surface area contributed by atoms with Gasteiger partial charge in [-0.15, -0.1) is 13.2 Å². The number of aryl methyl sites for hydroxylation is 4. The monoisotopic (exact) mass is 299 g/mol. The minimum Gasteiger partial charge on any atom is -0.326 e. The van der Waals surface area contributed by atoms with Gasteiger partial charge < -0.3 is 5.32 Å². The van der Waals surface area contributed by atoms with E-state index < -0.39 is 0 Å². The average molecular weight is 299 g/mol. The van der Waals surface area contributed by atoms with Crippen LogP contribution in [0.25, 0.3) is 0 Å². The number of amides is 1. The third-order valence-electron chi connectivity index (χ3n) is 2.96. The molecule has 1 N–H and O–H groups in total. The zero-order valence-electron chi connectivity index (χ0n) is 13.5. The Morgan fingerprint density at radius 2 is 1.77 bits per heavy atom. The molecule has 0 saturated heterocycles. The summed E-state index contributed by atoms with van der Waals surface area (Å²) in [5.74, 6) is 0.769. The van der Waals surface area contributed by atoms with Crippen LogP contribution >= 0.6 is 0 Å². The van der Waals surface area contributed by atoms with Crippen LogP contribution in [0.5, 0.6) is 0 Å². The molecule has 2 aromatic rings. The summed E-state index contributed by atoms with van der Waals surface area (Å²) in [5, 5.41) is 2.76. The molecule has 0 aliphatic rings. The summed E-state index contributed by atoms with van der Waals surface area (Å²) in [7, 11) is 0. The number of hydrogen-bond acceptors (Lipinski definition) is 3. The van der Waals surface area contributed by atoms with Crippen LogP contribution in [-0.4, -0.2) is 15.9 Å². The number of benzene rings is 1. The molecule has 4 nitrogen and oxygen atoms in total. The smallest absolute Gasteiger partial charge is 0.221 e. The number of anilines is 1. The fraction of sp³-hybridized carbons (Fsp3) is 0.278. The third-order valence-corrected chi connectivity index (χ3v) is 2.96. The van der Waals surface area contributed by atoms with Crippen molar-refractivity contribution in [3.05, 3.63) is 66.3 Å². The summed E-state index contributed by atoms with van der Waals surface area (Å²) in [6.07, 6.45) is 1.82. The SMILES string of the molecule is C=C.CC(=O)Nc1ccc(CCc2cc(C)nc(C)n2)cc1.[HH]. The van der Waals surface area contributed by atoms with Crippen molar-refractivity contribution in [1.82, 2.24) is 9.97 Å². The number of carbonyl (C=O) groups is 1. The van der Waals surface area contributed by atoms with E-state index in [0.717, 1.165) is 35.7 Å². The van der Waals surface area contributed by atoms with Gasteiger partial charge in [-0.05, 0) is 50.5 Å². The van der Waals surface area contributed by atoms with Gasteiger partial charge in [0.2, 0.25) is 5.91 Å². The van der Waals surface area contributed by atoms with Crippen LogP contribution in [-0.2, 0) is 17.6 Å². The van der Waals surface area contributed by atoms with E-state index in [1.807, 2.05) is 44.2 Å². The summed E-state index contributed by atoms with van der Waals surface area (Å²) >= 11 is 0. The predicted octanol–water partition coefficient (Wildman–Crippen LogP) is 3.89. The van der Waals surface area contributed by atoms with E-state index in [-0.39, 0.29) is 7.33 Å². The predicted molar refractivity (Wildman–Crippen MR) is 93.0 cm³/mol. The minimum absolute atomic E-state index is 0. The molecule has 0 saturated carbocycles. The molecule has 0 unspecified atom stereocenters. The lowest BCUT2D eigenvalue weighted by molar-refractivity contribution is -0.114. The van der Waals surface area contributed by atoms with Gasteiger partial charge in [0.25, 0.3) is 0 Å². The number of aromatic nitrogens is 2. The summed E-state index contributed by atoms with van der Waals surface area (Å²) in [5.41, 5.74) is 4.14. The molecule has 1 amide bonds. The summed E-state index contributed by atoms with van der Waals surface area (Å²) in [6.45, 7) is 11.4. The van der Waals surface area contributed by atoms with Gasteiger partial charge in [-0.25, -0.2) is 9.97 Å². The first-order valence-corrected chi connectivity index (χ1v) is 7.20. The number of hydrogen-bond donors (Lipinski definition) is 1. The van der Waals surface area contributed by atoms with Gasteiger partial charge in [-0.3, -0.25) is 4.79 Å². The van der Waals surface area contributed by atoms with Gasteiger partial charge >= 0.3 is 0 Å². The molecular formula is C18H25N3O. The van der Waals surface area contributed by atoms with Gasteiger partial charge in [-0.1, -0.05) is 12.1 Å². The van der Waals surface area contributed by atoms with E-state index in [1.165, 1.54) is 12.5 Å². The Kier molecular flexibility index (Phi) is 6.96. The number of nitrogens with zero attached hydrogens (tertiary/aromatic N) is 2. The Morgan fingerprint density at radius 1 is 1.14 bits per heavy atom. The fourth-order valence-corrected chi connectivity index (χ4v) is 2.15. The highest BCUT2D eigenvalue weighted by atomic mass is 16.1. The van der Waals surface area contributed by atoms with Crippen LogP contribution < -0.4 is 5.32 Å². The molecule has 1 aromatic heterocycles. The van der Waals surface area contributed by atoms with E-state index in [0.29, 0.717) is 0 Å². The van der Waals surface area contributed by atoms with E-state index in [1.54, 1.807) is 0 Å². The first-order chi connectivity index (χ1) is 10.5. The summed E-state index contributed by atoms with van der Waals surface area (Å²) in [4.78, 5) is 19.7. The Labute approximate surface area is 133 Å². The Hall–Kier alpha value is -2.49. The van der Waals surface area contributed by atoms with E-state index in [9.17, 15) is 4.79 Å². The van der Waals surface area contributed by atoms with Crippen LogP contribution in [0, 0.1) is 13.8 Å². The molecule has 22 heavy (non-hydrogen) atoms. The van der Waals surface area contributed by atoms with Crippen LogP contribution in [0.15, 0.2) is 43.5 Å². The van der Waals surface area contributed by atoms with Gasteiger partial charge in [-0.2, -0.15) is 0 Å². The highest BCUT2D eigenvalue weighted by Crippen LogP contribution is 2.12. The van der Waals surface area contributed by atoms with Crippen molar-refractivity contribution in [3.63, 3.8) is 0 Å². The average Bonchev–Trinajstić information content (AvgIpc) is 2.47. The lowest BCUT2D eigenvalue weighted by atomic mass is 10.1. The van der Waals surface area contributed by atoms with E-state index in [2.05, 4.69) is 28.4 Å². The standard InChI is InChI=1S/C16H19N3O.C2H4.H2/c1-11-10-16(18-12(2)17-11)9-6-14-4-7-15(8-5-14)19-13(3)20;1-2;/h4-5,7-8,10H,6,9H2,1-3H3,(H,19,20);1-2H2;1H. The third kappa shape index (κ3) is 5.87. The quantitative estimate of drug-likeness (QED) is 0.871. The van der Waals surface area contributed by atoms with Crippen molar-refractivity contribution in [2.24, 2.45) is 0 Å². The molecule has 118 valence electrons. The van der Waals surface area contributed by atoms with Gasteiger partial charge in [0.1, 0.15) is 5.82 Å². The van der Waals surface area contributed by atoms with Crippen molar-refractivity contribution in [1.29, 1.82) is 0 Å². The topological polar surface area (TPSA) is 54.9 Å². The van der Waals surface area contributed by atoms with Crippen molar-refractivity contribution in [2.45, 2.75) is 33.6 Å². The molecule has 4 heteroatoms. The second kappa shape index (κ2) is 8.72. The minimum atomic E-state index is -0.0512. The van der Waals surface area contributed by atoms with Crippen LogP contribution in [0.3, 0.4) is 0 Å². The molecule has 2 rings (SSSR count). The van der Waals surface area contributed by atoms with E-state index >= 15 is 0 Å². The molecule has 0 aliphatic carbocycles. The van der Waals surface area contributed by atoms with Gasteiger partial charge in [0, 0.05) is 25.4 Å². The lowest BCUT2D eigenvalue weighted by Gasteiger charge is -2.06. The van der Waals surface area contributed by atoms with Crippen LogP contribution in [0.4, 0.5) is 5.69 Å². The maximum absolute atomic E-state index is 10.9. The maximum Gasteiger partial charge on any atom is 0.221 e. The number of carbonyl (C=O) groups excluding carboxylic acids is 1. The fourth-order valence-electron chi connectivity index (χ4n) is 2.15. The van der Waals surface area contributed by atoms with Crippen LogP contribution in [0.2, 0.25) is 0 Å². The highest BCUT2D eigenvalue weighted by Gasteiger charge is 2.01. The first kappa shape index (κ1) is 17.6. The normalized spacial score (nSPS) is 9.59. The largest absolute Gasteiger partial charge is 0.326 e. The Bertz CT molecular complexity index is 606. The molecule has 1 heterocycles. The van der Waals surface area contributed by atoms with E-state index in [4.69, 9.17) is 0 Å². The molecule has 0 spiro atoms. The highest BCUT2D eigenvalue weighted by molar-refractivity contribution is 5.88. The Balaban J connectivity index is 0.00000155. The van der Waals surface area contributed by atoms with Crippen molar-refractivity contribution >= 4 is 11.6 Å². The molecule has 0 aliphatic heterocycles. The Morgan fingerprint density at radius 3 is 2.32 bits per heavy atom. The second-order valence-corrected chi connectivity index (χ2v) is 4.93. The van der Waals surface area contributed by atoms with Crippen molar-refractivity contribution < 1.29 is 6.22 Å². The van der Waals surface area contributed by atoms with Gasteiger partial charge in [0.15, 0.2) is 0 Å². The zero-order chi connectivity index (χ0) is 16.5. The molecule has 0 fully saturated rings. The summed E-state index contributed by atoms with van der Waals surface area (Å²) in [6, 6.07) is 9.94. The van der Waals surface area contributed by atoms with Crippen molar-refractivity contribution in [2.75, 3.05) is 5.32 Å². The second-order valence-electron chi connectivity index (χ2n) is 4.93. The maximum atomic E-state index is 10.9.